The van der Waals surface area contributed by atoms with Crippen molar-refractivity contribution in [2.75, 3.05) is 19.0 Å². The van der Waals surface area contributed by atoms with Gasteiger partial charge in [0.2, 0.25) is 5.91 Å². The average Bonchev–Trinajstić information content (AvgIpc) is 3.07. The third-order valence-corrected chi connectivity index (χ3v) is 4.42. The van der Waals surface area contributed by atoms with E-state index in [1.165, 1.54) is 5.56 Å². The minimum absolute atomic E-state index is 0.0378. The van der Waals surface area contributed by atoms with Crippen LogP contribution in [-0.2, 0) is 22.4 Å². The summed E-state index contributed by atoms with van der Waals surface area (Å²) in [5.41, 5.74) is 8.62. The van der Waals surface area contributed by atoms with Gasteiger partial charge in [0.25, 0.3) is 0 Å². The summed E-state index contributed by atoms with van der Waals surface area (Å²) >= 11 is 0. The van der Waals surface area contributed by atoms with Gasteiger partial charge in [-0.25, -0.2) is 0 Å². The predicted molar refractivity (Wildman–Crippen MR) is 101 cm³/mol. The Hall–Kier alpha value is -2.41. The second-order valence-electron chi connectivity index (χ2n) is 6.43. The highest BCUT2D eigenvalue weighted by Gasteiger charge is 2.20. The number of anilines is 1. The van der Waals surface area contributed by atoms with Crippen molar-refractivity contribution in [2.45, 2.75) is 31.7 Å². The number of ether oxygens (including phenoxy) is 2. The lowest BCUT2D eigenvalue weighted by Gasteiger charge is -2.10. The number of rotatable bonds is 7. The Labute approximate surface area is 153 Å². The van der Waals surface area contributed by atoms with Crippen LogP contribution in [0.5, 0.6) is 5.75 Å². The molecule has 6 nitrogen and oxygen atoms in total. The molecule has 1 fully saturated rings. The highest BCUT2D eigenvalue weighted by atomic mass is 16.5. The lowest BCUT2D eigenvalue weighted by atomic mass is 10.1. The molecule has 26 heavy (non-hydrogen) atoms. The van der Waals surface area contributed by atoms with Gasteiger partial charge in [0.05, 0.1) is 20.1 Å². The molecule has 1 unspecified atom stereocenters. The van der Waals surface area contributed by atoms with Gasteiger partial charge in [-0.3, -0.25) is 15.8 Å². The highest BCUT2D eigenvalue weighted by Crippen LogP contribution is 2.15. The monoisotopic (exact) mass is 355 g/mol. The van der Waals surface area contributed by atoms with Crippen LogP contribution in [0, 0.1) is 0 Å². The Bertz CT molecular complexity index is 716. The zero-order chi connectivity index (χ0) is 18.4. The number of nitrogens with one attached hydrogen (secondary N) is 2. The summed E-state index contributed by atoms with van der Waals surface area (Å²) in [6, 6.07) is 15.8. The first-order valence-electron chi connectivity index (χ1n) is 8.77. The first kappa shape index (κ1) is 18.4. The van der Waals surface area contributed by atoms with E-state index >= 15 is 0 Å². The molecule has 6 heteroatoms. The first-order chi connectivity index (χ1) is 12.6. The van der Waals surface area contributed by atoms with Crippen LogP contribution in [-0.4, -0.2) is 32.0 Å². The molecule has 0 aliphatic carbocycles. The van der Waals surface area contributed by atoms with Gasteiger partial charge in [0, 0.05) is 11.7 Å². The molecule has 0 bridgehead atoms. The van der Waals surface area contributed by atoms with Crippen LogP contribution in [0.4, 0.5) is 5.69 Å². The third kappa shape index (κ3) is 5.29. The van der Waals surface area contributed by atoms with Crippen molar-refractivity contribution in [2.24, 2.45) is 5.73 Å². The molecule has 0 saturated carbocycles. The molecular formula is C20H25N3O3. The van der Waals surface area contributed by atoms with Gasteiger partial charge in [0.1, 0.15) is 5.75 Å². The predicted octanol–water partition coefficient (Wildman–Crippen LogP) is 2.04. The minimum Gasteiger partial charge on any atom is -0.497 e. The summed E-state index contributed by atoms with van der Waals surface area (Å²) in [6.07, 6.45) is 1.90. The molecule has 0 aromatic heterocycles. The van der Waals surface area contributed by atoms with Crippen LogP contribution in [0.3, 0.4) is 0 Å². The van der Waals surface area contributed by atoms with Gasteiger partial charge < -0.3 is 14.8 Å². The standard InChI is InChI=1S/C20H25N3O3/c1-25-18-10-5-15(6-11-18)12-19(24)22-16-7-2-14(3-8-16)4-9-17-13-26-20(21)23-17/h2-3,5-8,10-11,17,20,23H,4,9,12-13,21H2,1H3,(H,22,24)/t17-,20?/m0/s1. The van der Waals surface area contributed by atoms with Crippen LogP contribution in [0.1, 0.15) is 17.5 Å². The molecule has 3 rings (SSSR count). The first-order valence-corrected chi connectivity index (χ1v) is 8.77. The molecule has 0 radical (unpaired) electrons. The SMILES string of the molecule is COc1ccc(CC(=O)Nc2ccc(CC[C@H]3COC(N)N3)cc2)cc1. The largest absolute Gasteiger partial charge is 0.497 e. The Morgan fingerprint density at radius 2 is 1.88 bits per heavy atom. The number of amides is 1. The zero-order valence-corrected chi connectivity index (χ0v) is 14.9. The Balaban J connectivity index is 1.46. The van der Waals surface area contributed by atoms with Gasteiger partial charge in [-0.2, -0.15) is 0 Å². The van der Waals surface area contributed by atoms with E-state index in [0.717, 1.165) is 29.8 Å². The molecule has 1 saturated heterocycles. The van der Waals surface area contributed by atoms with E-state index in [0.29, 0.717) is 19.1 Å². The molecule has 1 heterocycles. The van der Waals surface area contributed by atoms with Crippen molar-refractivity contribution in [1.29, 1.82) is 0 Å². The summed E-state index contributed by atoms with van der Waals surface area (Å²) in [6.45, 7) is 0.653. The van der Waals surface area contributed by atoms with Gasteiger partial charge in [-0.15, -0.1) is 0 Å². The molecule has 138 valence electrons. The zero-order valence-electron chi connectivity index (χ0n) is 14.9. The molecule has 2 atom stereocenters. The number of carbonyl (C=O) groups excluding carboxylic acids is 1. The normalized spacial score (nSPS) is 19.3. The summed E-state index contributed by atoms with van der Waals surface area (Å²) in [4.78, 5) is 12.2. The van der Waals surface area contributed by atoms with E-state index in [4.69, 9.17) is 15.2 Å². The molecule has 2 aromatic carbocycles. The summed E-state index contributed by atoms with van der Waals surface area (Å²) in [5.74, 6) is 0.746. The number of aryl methyl sites for hydroxylation is 1. The maximum atomic E-state index is 12.2. The van der Waals surface area contributed by atoms with E-state index < -0.39 is 0 Å². The van der Waals surface area contributed by atoms with Crippen LogP contribution in [0.2, 0.25) is 0 Å². The van der Waals surface area contributed by atoms with Crippen molar-refractivity contribution in [1.82, 2.24) is 5.32 Å². The van der Waals surface area contributed by atoms with Crippen LogP contribution in [0.15, 0.2) is 48.5 Å². The van der Waals surface area contributed by atoms with E-state index in [1.807, 2.05) is 48.5 Å². The summed E-state index contributed by atoms with van der Waals surface area (Å²) in [7, 11) is 1.62. The van der Waals surface area contributed by atoms with Gasteiger partial charge in [0.15, 0.2) is 6.35 Å². The number of hydrogen-bond acceptors (Lipinski definition) is 5. The van der Waals surface area contributed by atoms with Crippen molar-refractivity contribution in [3.05, 3.63) is 59.7 Å². The van der Waals surface area contributed by atoms with Crippen LogP contribution in [0.25, 0.3) is 0 Å². The van der Waals surface area contributed by atoms with E-state index in [1.54, 1.807) is 7.11 Å². The van der Waals surface area contributed by atoms with Crippen molar-refractivity contribution >= 4 is 11.6 Å². The fourth-order valence-electron chi connectivity index (χ4n) is 2.94. The summed E-state index contributed by atoms with van der Waals surface area (Å²) < 4.78 is 10.4. The summed E-state index contributed by atoms with van der Waals surface area (Å²) in [5, 5.41) is 6.11. The maximum absolute atomic E-state index is 12.2. The van der Waals surface area contributed by atoms with E-state index in [9.17, 15) is 4.79 Å². The quantitative estimate of drug-likeness (QED) is 0.708. The van der Waals surface area contributed by atoms with Gasteiger partial charge in [-0.05, 0) is 48.2 Å². The Morgan fingerprint density at radius 3 is 2.50 bits per heavy atom. The van der Waals surface area contributed by atoms with Gasteiger partial charge >= 0.3 is 0 Å². The number of benzene rings is 2. The lowest BCUT2D eigenvalue weighted by Crippen LogP contribution is -2.36. The Morgan fingerprint density at radius 1 is 1.19 bits per heavy atom. The van der Waals surface area contributed by atoms with Crippen molar-refractivity contribution in [3.63, 3.8) is 0 Å². The number of carbonyl (C=O) groups is 1. The third-order valence-electron chi connectivity index (χ3n) is 4.42. The van der Waals surface area contributed by atoms with Crippen LogP contribution < -0.4 is 21.1 Å². The van der Waals surface area contributed by atoms with Crippen molar-refractivity contribution < 1.29 is 14.3 Å². The number of hydrogen-bond donors (Lipinski definition) is 3. The van der Waals surface area contributed by atoms with Gasteiger partial charge in [-0.1, -0.05) is 24.3 Å². The van der Waals surface area contributed by atoms with Crippen LogP contribution >= 0.6 is 0 Å². The fourth-order valence-corrected chi connectivity index (χ4v) is 2.94. The molecule has 4 N–H and O–H groups in total. The fraction of sp³-hybridized carbons (Fsp3) is 0.350. The van der Waals surface area contributed by atoms with E-state index in [2.05, 4.69) is 10.6 Å². The molecular weight excluding hydrogens is 330 g/mol. The van der Waals surface area contributed by atoms with E-state index in [-0.39, 0.29) is 12.3 Å². The molecule has 1 aliphatic rings. The Kier molecular flexibility index (Phi) is 6.22. The number of methoxy groups -OCH3 is 1. The minimum atomic E-state index is -0.344. The second kappa shape index (κ2) is 8.80. The maximum Gasteiger partial charge on any atom is 0.228 e. The molecule has 0 spiro atoms. The average molecular weight is 355 g/mol. The van der Waals surface area contributed by atoms with Crippen molar-refractivity contribution in [3.8, 4) is 5.75 Å². The second-order valence-corrected chi connectivity index (χ2v) is 6.43. The smallest absolute Gasteiger partial charge is 0.228 e. The highest BCUT2D eigenvalue weighted by molar-refractivity contribution is 5.92. The lowest BCUT2D eigenvalue weighted by molar-refractivity contribution is -0.115. The molecule has 1 aliphatic heterocycles. The topological polar surface area (TPSA) is 85.6 Å². The molecule has 1 amide bonds. The number of nitrogens with two attached hydrogens (primary N) is 1. The molecule has 2 aromatic rings.